The van der Waals surface area contributed by atoms with Crippen LogP contribution in [0.4, 0.5) is 0 Å². The van der Waals surface area contributed by atoms with Gasteiger partial charge in [-0.15, -0.1) is 0 Å². The number of benzene rings is 1. The summed E-state index contributed by atoms with van der Waals surface area (Å²) in [5.74, 6) is 3.12. The fraction of sp³-hybridized carbons (Fsp3) is 0.647. The van der Waals surface area contributed by atoms with Crippen molar-refractivity contribution in [3.8, 4) is 0 Å². The van der Waals surface area contributed by atoms with Crippen molar-refractivity contribution in [1.29, 1.82) is 0 Å². The van der Waals surface area contributed by atoms with Gasteiger partial charge in [-0.05, 0) is 68.9 Å². The second-order valence-corrected chi connectivity index (χ2v) is 6.34. The summed E-state index contributed by atoms with van der Waals surface area (Å²) in [7, 11) is 0. The Hall–Kier alpha value is -0.820. The van der Waals surface area contributed by atoms with Crippen LogP contribution < -0.4 is 5.32 Å². The van der Waals surface area contributed by atoms with Crippen LogP contribution in [0.15, 0.2) is 30.3 Å². The highest BCUT2D eigenvalue weighted by molar-refractivity contribution is 5.15. The van der Waals surface area contributed by atoms with Gasteiger partial charge in [0, 0.05) is 6.04 Å². The molecule has 2 fully saturated rings. The molecule has 1 atom stereocenters. The zero-order chi connectivity index (χ0) is 12.4. The third kappa shape index (κ3) is 3.35. The minimum atomic E-state index is 0.604. The van der Waals surface area contributed by atoms with E-state index in [-0.39, 0.29) is 0 Å². The van der Waals surface area contributed by atoms with E-state index >= 15 is 0 Å². The van der Waals surface area contributed by atoms with Crippen LogP contribution in [0.1, 0.15) is 38.2 Å². The van der Waals surface area contributed by atoms with Crippen LogP contribution in [0.5, 0.6) is 0 Å². The zero-order valence-electron chi connectivity index (χ0n) is 11.4. The van der Waals surface area contributed by atoms with Crippen LogP contribution in [0.2, 0.25) is 0 Å². The summed E-state index contributed by atoms with van der Waals surface area (Å²) in [6.07, 6.45) is 7.14. The van der Waals surface area contributed by atoms with Crippen molar-refractivity contribution in [2.75, 3.05) is 6.54 Å². The van der Waals surface area contributed by atoms with E-state index in [4.69, 9.17) is 0 Å². The first-order valence-electron chi connectivity index (χ1n) is 7.60. The molecule has 1 aromatic rings. The summed E-state index contributed by atoms with van der Waals surface area (Å²) in [4.78, 5) is 0. The van der Waals surface area contributed by atoms with Gasteiger partial charge in [-0.3, -0.25) is 0 Å². The molecular formula is C17H25N. The van der Waals surface area contributed by atoms with Crippen molar-refractivity contribution in [2.24, 2.45) is 17.8 Å². The zero-order valence-corrected chi connectivity index (χ0v) is 11.4. The molecule has 98 valence electrons. The van der Waals surface area contributed by atoms with Crippen LogP contribution in [0.3, 0.4) is 0 Å². The predicted molar refractivity (Wildman–Crippen MR) is 76.5 cm³/mol. The second-order valence-electron chi connectivity index (χ2n) is 6.34. The first kappa shape index (κ1) is 12.2. The lowest BCUT2D eigenvalue weighted by atomic mass is 9.97. The van der Waals surface area contributed by atoms with Gasteiger partial charge >= 0.3 is 0 Å². The van der Waals surface area contributed by atoms with Crippen molar-refractivity contribution < 1.29 is 0 Å². The highest BCUT2D eigenvalue weighted by Gasteiger charge is 2.40. The lowest BCUT2D eigenvalue weighted by Gasteiger charge is -2.20. The summed E-state index contributed by atoms with van der Waals surface area (Å²) in [6.45, 7) is 3.58. The number of rotatable bonds is 7. The van der Waals surface area contributed by atoms with E-state index in [0.717, 1.165) is 24.2 Å². The van der Waals surface area contributed by atoms with Crippen molar-refractivity contribution in [2.45, 2.75) is 45.1 Å². The third-order valence-corrected chi connectivity index (χ3v) is 4.54. The van der Waals surface area contributed by atoms with Gasteiger partial charge in [0.15, 0.2) is 0 Å². The maximum atomic E-state index is 3.77. The van der Waals surface area contributed by atoms with Crippen molar-refractivity contribution >= 4 is 0 Å². The Balaban J connectivity index is 1.44. The normalized spacial score (nSPS) is 21.2. The summed E-state index contributed by atoms with van der Waals surface area (Å²) < 4.78 is 0. The van der Waals surface area contributed by atoms with Gasteiger partial charge in [0.1, 0.15) is 0 Å². The van der Waals surface area contributed by atoms with Crippen LogP contribution in [-0.2, 0) is 6.42 Å². The highest BCUT2D eigenvalue weighted by Crippen LogP contribution is 2.48. The van der Waals surface area contributed by atoms with Crippen LogP contribution in [0, 0.1) is 17.8 Å². The van der Waals surface area contributed by atoms with Crippen LogP contribution in [0.25, 0.3) is 0 Å². The molecule has 2 saturated carbocycles. The molecule has 0 aromatic heterocycles. The standard InChI is InChI=1S/C17H25N/c1-13(11-14-5-3-2-4-6-14)18-12-17(15-7-8-15)16-9-10-16/h2-6,13,15-18H,7-12H2,1H3. The maximum absolute atomic E-state index is 3.77. The number of nitrogens with one attached hydrogen (secondary N) is 1. The van der Waals surface area contributed by atoms with Gasteiger partial charge in [0.05, 0.1) is 0 Å². The molecule has 0 amide bonds. The van der Waals surface area contributed by atoms with Crippen molar-refractivity contribution in [3.05, 3.63) is 35.9 Å². The fourth-order valence-electron chi connectivity index (χ4n) is 3.14. The van der Waals surface area contributed by atoms with Gasteiger partial charge in [0.25, 0.3) is 0 Å². The molecule has 1 N–H and O–H groups in total. The molecule has 0 bridgehead atoms. The minimum Gasteiger partial charge on any atom is -0.314 e. The van der Waals surface area contributed by atoms with E-state index in [0.29, 0.717) is 6.04 Å². The third-order valence-electron chi connectivity index (χ3n) is 4.54. The first-order chi connectivity index (χ1) is 8.83. The van der Waals surface area contributed by atoms with Gasteiger partial charge in [-0.2, -0.15) is 0 Å². The quantitative estimate of drug-likeness (QED) is 0.771. The Morgan fingerprint density at radius 3 is 2.22 bits per heavy atom. The molecule has 1 heteroatoms. The molecule has 0 saturated heterocycles. The van der Waals surface area contributed by atoms with Gasteiger partial charge in [-0.1, -0.05) is 30.3 Å². The van der Waals surface area contributed by atoms with Gasteiger partial charge in [0.2, 0.25) is 0 Å². The van der Waals surface area contributed by atoms with Gasteiger partial charge in [-0.25, -0.2) is 0 Å². The molecule has 2 aliphatic rings. The molecule has 18 heavy (non-hydrogen) atoms. The van der Waals surface area contributed by atoms with E-state index in [1.807, 2.05) is 0 Å². The van der Waals surface area contributed by atoms with E-state index in [1.54, 1.807) is 0 Å². The molecule has 1 aromatic carbocycles. The molecule has 0 aliphatic heterocycles. The smallest absolute Gasteiger partial charge is 0.00792 e. The van der Waals surface area contributed by atoms with Gasteiger partial charge < -0.3 is 5.32 Å². The summed E-state index contributed by atoms with van der Waals surface area (Å²) in [5, 5.41) is 3.77. The fourth-order valence-corrected chi connectivity index (χ4v) is 3.14. The maximum Gasteiger partial charge on any atom is 0.00792 e. The second kappa shape index (κ2) is 5.44. The Bertz CT molecular complexity index is 352. The average molecular weight is 243 g/mol. The lowest BCUT2D eigenvalue weighted by Crippen LogP contribution is -2.34. The molecule has 1 unspecified atom stereocenters. The van der Waals surface area contributed by atoms with Crippen LogP contribution >= 0.6 is 0 Å². The molecule has 3 rings (SSSR count). The highest BCUT2D eigenvalue weighted by atomic mass is 14.9. The number of hydrogen-bond acceptors (Lipinski definition) is 1. The predicted octanol–water partition coefficient (Wildman–Crippen LogP) is 3.64. The SMILES string of the molecule is CC(Cc1ccccc1)NCC(C1CC1)C1CC1. The van der Waals surface area contributed by atoms with E-state index in [1.165, 1.54) is 37.8 Å². The van der Waals surface area contributed by atoms with Crippen LogP contribution in [-0.4, -0.2) is 12.6 Å². The summed E-state index contributed by atoms with van der Waals surface area (Å²) >= 11 is 0. The monoisotopic (exact) mass is 243 g/mol. The Morgan fingerprint density at radius 2 is 1.67 bits per heavy atom. The molecule has 0 radical (unpaired) electrons. The van der Waals surface area contributed by atoms with Crippen molar-refractivity contribution in [1.82, 2.24) is 5.32 Å². The summed E-state index contributed by atoms with van der Waals surface area (Å²) in [6, 6.07) is 11.4. The first-order valence-corrected chi connectivity index (χ1v) is 7.60. The number of hydrogen-bond donors (Lipinski definition) is 1. The Labute approximate surface area is 111 Å². The average Bonchev–Trinajstić information content (AvgIpc) is 3.25. The minimum absolute atomic E-state index is 0.604. The van der Waals surface area contributed by atoms with E-state index < -0.39 is 0 Å². The van der Waals surface area contributed by atoms with Crippen molar-refractivity contribution in [3.63, 3.8) is 0 Å². The molecule has 1 nitrogen and oxygen atoms in total. The molecule has 0 heterocycles. The molecular weight excluding hydrogens is 218 g/mol. The Kier molecular flexibility index (Phi) is 3.69. The Morgan fingerprint density at radius 1 is 1.06 bits per heavy atom. The molecule has 0 spiro atoms. The topological polar surface area (TPSA) is 12.0 Å². The largest absolute Gasteiger partial charge is 0.314 e. The van der Waals surface area contributed by atoms with E-state index in [2.05, 4.69) is 42.6 Å². The van der Waals surface area contributed by atoms with E-state index in [9.17, 15) is 0 Å². The summed E-state index contributed by atoms with van der Waals surface area (Å²) in [5.41, 5.74) is 1.45. The lowest BCUT2D eigenvalue weighted by molar-refractivity contribution is 0.359. The molecule has 2 aliphatic carbocycles.